The van der Waals surface area contributed by atoms with Crippen LogP contribution in [0.5, 0.6) is 5.88 Å². The summed E-state index contributed by atoms with van der Waals surface area (Å²) >= 11 is 1.59. The highest BCUT2D eigenvalue weighted by molar-refractivity contribution is 7.99. The van der Waals surface area contributed by atoms with Crippen molar-refractivity contribution in [3.05, 3.63) is 65.7 Å². The second-order valence-corrected chi connectivity index (χ2v) is 7.65. The van der Waals surface area contributed by atoms with Crippen molar-refractivity contribution >= 4 is 23.5 Å². The topological polar surface area (TPSA) is 59.9 Å². The van der Waals surface area contributed by atoms with Gasteiger partial charge in [0.05, 0.1) is 0 Å². The van der Waals surface area contributed by atoms with Gasteiger partial charge in [-0.1, -0.05) is 73.3 Å². The van der Waals surface area contributed by atoms with E-state index in [4.69, 9.17) is 4.74 Å². The van der Waals surface area contributed by atoms with E-state index in [9.17, 15) is 0 Å². The Morgan fingerprint density at radius 3 is 2.71 bits per heavy atom. The molecule has 1 atom stereocenters. The van der Waals surface area contributed by atoms with Crippen LogP contribution in [0.2, 0.25) is 0 Å². The molecule has 0 saturated heterocycles. The normalized spacial score (nSPS) is 15.6. The standard InChI is InChI=1S/C22H22N4OS/c1-3-13-28-22-24-21-19(25-26-22)17-11-7-8-12-18(17)23-20(27-21)15(2)14-16-9-5-4-6-10-16/h4-12,14,20,23H,3,13H2,1-2H3. The number of nitrogens with one attached hydrogen (secondary N) is 1. The highest BCUT2D eigenvalue weighted by Gasteiger charge is 2.25. The minimum Gasteiger partial charge on any atom is -0.448 e. The first-order valence-electron chi connectivity index (χ1n) is 9.38. The van der Waals surface area contributed by atoms with Gasteiger partial charge in [-0.2, -0.15) is 4.98 Å². The van der Waals surface area contributed by atoms with E-state index in [0.29, 0.717) is 16.7 Å². The van der Waals surface area contributed by atoms with Crippen molar-refractivity contribution in [1.82, 2.24) is 15.2 Å². The molecule has 2 aromatic carbocycles. The molecule has 0 aliphatic carbocycles. The number of hydrogen-bond acceptors (Lipinski definition) is 6. The average molecular weight is 391 g/mol. The molecule has 1 aromatic heterocycles. The summed E-state index contributed by atoms with van der Waals surface area (Å²) in [4.78, 5) is 4.65. The fourth-order valence-electron chi connectivity index (χ4n) is 3.00. The minimum absolute atomic E-state index is 0.344. The lowest BCUT2D eigenvalue weighted by Crippen LogP contribution is -2.27. The fourth-order valence-corrected chi connectivity index (χ4v) is 3.63. The lowest BCUT2D eigenvalue weighted by atomic mass is 10.1. The van der Waals surface area contributed by atoms with Crippen molar-refractivity contribution in [2.75, 3.05) is 11.1 Å². The van der Waals surface area contributed by atoms with Gasteiger partial charge in [-0.25, -0.2) is 0 Å². The van der Waals surface area contributed by atoms with Crippen LogP contribution < -0.4 is 10.1 Å². The maximum atomic E-state index is 6.29. The zero-order valence-electron chi connectivity index (χ0n) is 15.9. The summed E-state index contributed by atoms with van der Waals surface area (Å²) in [5.41, 5.74) is 4.74. The summed E-state index contributed by atoms with van der Waals surface area (Å²) in [6.45, 7) is 4.19. The van der Waals surface area contributed by atoms with Crippen molar-refractivity contribution < 1.29 is 4.74 Å². The van der Waals surface area contributed by atoms with Crippen LogP contribution in [-0.2, 0) is 0 Å². The Morgan fingerprint density at radius 1 is 1.11 bits per heavy atom. The molecule has 0 bridgehead atoms. The third-order valence-electron chi connectivity index (χ3n) is 4.38. The van der Waals surface area contributed by atoms with Gasteiger partial charge in [-0.05, 0) is 30.5 Å². The smallest absolute Gasteiger partial charge is 0.247 e. The molecule has 5 nitrogen and oxygen atoms in total. The molecular formula is C22H22N4OS. The van der Waals surface area contributed by atoms with E-state index in [0.717, 1.165) is 34.6 Å². The number of benzene rings is 2. The fraction of sp³-hybridized carbons (Fsp3) is 0.227. The Kier molecular flexibility index (Phi) is 5.58. The van der Waals surface area contributed by atoms with Crippen molar-refractivity contribution in [2.24, 2.45) is 0 Å². The molecule has 0 amide bonds. The predicted molar refractivity (Wildman–Crippen MR) is 114 cm³/mol. The number of fused-ring (bicyclic) bond motifs is 3. The second-order valence-electron chi connectivity index (χ2n) is 6.58. The Bertz CT molecular complexity index is 991. The Labute approximate surface area is 169 Å². The summed E-state index contributed by atoms with van der Waals surface area (Å²) in [6.07, 6.45) is 2.83. The quantitative estimate of drug-likeness (QED) is 0.599. The van der Waals surface area contributed by atoms with Crippen molar-refractivity contribution in [3.8, 4) is 17.1 Å². The van der Waals surface area contributed by atoms with Crippen LogP contribution in [0, 0.1) is 0 Å². The molecule has 2 heterocycles. The number of hydrogen-bond donors (Lipinski definition) is 1. The van der Waals surface area contributed by atoms with Crippen LogP contribution in [0.4, 0.5) is 5.69 Å². The van der Waals surface area contributed by atoms with Crippen LogP contribution in [0.3, 0.4) is 0 Å². The molecule has 0 radical (unpaired) electrons. The monoisotopic (exact) mass is 390 g/mol. The molecule has 0 saturated carbocycles. The number of ether oxygens (including phenoxy) is 1. The van der Waals surface area contributed by atoms with E-state index in [-0.39, 0.29) is 6.23 Å². The Morgan fingerprint density at radius 2 is 1.89 bits per heavy atom. The van der Waals surface area contributed by atoms with Gasteiger partial charge < -0.3 is 10.1 Å². The van der Waals surface area contributed by atoms with Crippen molar-refractivity contribution in [2.45, 2.75) is 31.7 Å². The van der Waals surface area contributed by atoms with Gasteiger partial charge in [0.25, 0.3) is 0 Å². The predicted octanol–water partition coefficient (Wildman–Crippen LogP) is 5.27. The van der Waals surface area contributed by atoms with E-state index >= 15 is 0 Å². The van der Waals surface area contributed by atoms with Gasteiger partial charge in [-0.3, -0.25) is 0 Å². The zero-order valence-corrected chi connectivity index (χ0v) is 16.7. The van der Waals surface area contributed by atoms with Gasteiger partial charge in [0.15, 0.2) is 11.9 Å². The van der Waals surface area contributed by atoms with Crippen LogP contribution in [-0.4, -0.2) is 27.2 Å². The van der Waals surface area contributed by atoms with Gasteiger partial charge in [0.1, 0.15) is 0 Å². The maximum Gasteiger partial charge on any atom is 0.247 e. The number of thioether (sulfide) groups is 1. The van der Waals surface area contributed by atoms with Crippen LogP contribution in [0.1, 0.15) is 25.8 Å². The third kappa shape index (κ3) is 4.02. The molecule has 4 rings (SSSR count). The molecule has 1 aliphatic rings. The Balaban J connectivity index is 1.73. The van der Waals surface area contributed by atoms with E-state index < -0.39 is 0 Å². The van der Waals surface area contributed by atoms with Crippen molar-refractivity contribution in [3.63, 3.8) is 0 Å². The van der Waals surface area contributed by atoms with Gasteiger partial charge >= 0.3 is 0 Å². The highest BCUT2D eigenvalue weighted by Crippen LogP contribution is 2.37. The first-order valence-corrected chi connectivity index (χ1v) is 10.4. The van der Waals surface area contributed by atoms with E-state index in [1.807, 2.05) is 42.5 Å². The molecule has 1 aliphatic heterocycles. The number of aromatic nitrogens is 3. The summed E-state index contributed by atoms with van der Waals surface area (Å²) in [7, 11) is 0. The average Bonchev–Trinajstić information content (AvgIpc) is 2.89. The molecule has 142 valence electrons. The molecule has 3 aromatic rings. The number of anilines is 1. The van der Waals surface area contributed by atoms with Crippen LogP contribution in [0.15, 0.2) is 65.3 Å². The first-order chi connectivity index (χ1) is 13.7. The molecule has 1 unspecified atom stereocenters. The second kappa shape index (κ2) is 8.44. The summed E-state index contributed by atoms with van der Waals surface area (Å²) in [5.74, 6) is 1.46. The third-order valence-corrected chi connectivity index (χ3v) is 5.42. The SMILES string of the molecule is CCCSc1nnc2c(n1)OC(C(C)=Cc1ccccc1)Nc1ccccc1-2. The number of para-hydroxylation sites is 1. The summed E-state index contributed by atoms with van der Waals surface area (Å²) < 4.78 is 6.29. The zero-order chi connectivity index (χ0) is 19.3. The molecule has 1 N–H and O–H groups in total. The maximum absolute atomic E-state index is 6.29. The summed E-state index contributed by atoms with van der Waals surface area (Å²) in [6, 6.07) is 18.2. The van der Waals surface area contributed by atoms with Gasteiger partial charge in [-0.15, -0.1) is 10.2 Å². The van der Waals surface area contributed by atoms with Gasteiger partial charge in [0.2, 0.25) is 11.0 Å². The number of nitrogens with zero attached hydrogens (tertiary/aromatic N) is 3. The first kappa shape index (κ1) is 18.5. The Hall–Kier alpha value is -2.86. The highest BCUT2D eigenvalue weighted by atomic mass is 32.2. The van der Waals surface area contributed by atoms with Crippen molar-refractivity contribution in [1.29, 1.82) is 0 Å². The largest absolute Gasteiger partial charge is 0.448 e. The lowest BCUT2D eigenvalue weighted by Gasteiger charge is -2.20. The molecular weight excluding hydrogens is 368 g/mol. The lowest BCUT2D eigenvalue weighted by molar-refractivity contribution is 0.255. The number of rotatable bonds is 5. The van der Waals surface area contributed by atoms with E-state index in [1.54, 1.807) is 11.8 Å². The minimum atomic E-state index is -0.344. The summed E-state index contributed by atoms with van der Waals surface area (Å²) in [5, 5.41) is 12.8. The van der Waals surface area contributed by atoms with Crippen LogP contribution in [0.25, 0.3) is 17.3 Å². The molecule has 0 fully saturated rings. The van der Waals surface area contributed by atoms with E-state index in [2.05, 4.69) is 52.6 Å². The van der Waals surface area contributed by atoms with Gasteiger partial charge in [0, 0.05) is 17.0 Å². The molecule has 0 spiro atoms. The van der Waals surface area contributed by atoms with E-state index in [1.165, 1.54) is 0 Å². The molecule has 6 heteroatoms. The molecule has 28 heavy (non-hydrogen) atoms. The van der Waals surface area contributed by atoms with Crippen LogP contribution >= 0.6 is 11.8 Å².